The standard InChI is InChI=1S/C25H28ClF2N5O2/c1-15(29)24-16(3-2-4-20(24)30-21-5-6-23(34)31-25(21)35)7-8-32-9-11-33(12-10-32)22-14-18(27)17(26)13-19(22)28/h2-4,13-14,21,29-30H,5-12H2,1H3,(H,31,34,35). The number of rotatable bonds is 7. The third-order valence-electron chi connectivity index (χ3n) is 6.49. The lowest BCUT2D eigenvalue weighted by molar-refractivity contribution is -0.133. The zero-order valence-electron chi connectivity index (χ0n) is 19.5. The largest absolute Gasteiger partial charge is 0.373 e. The first-order valence-electron chi connectivity index (χ1n) is 11.6. The first-order chi connectivity index (χ1) is 16.7. The van der Waals surface area contributed by atoms with Crippen molar-refractivity contribution in [1.29, 1.82) is 5.41 Å². The number of hydrogen-bond acceptors (Lipinski definition) is 6. The summed E-state index contributed by atoms with van der Waals surface area (Å²) in [5.74, 6) is -1.79. The summed E-state index contributed by atoms with van der Waals surface area (Å²) in [6, 6.07) is 7.35. The highest BCUT2D eigenvalue weighted by molar-refractivity contribution is 6.30. The highest BCUT2D eigenvalue weighted by atomic mass is 35.5. The zero-order valence-corrected chi connectivity index (χ0v) is 20.2. The lowest BCUT2D eigenvalue weighted by Crippen LogP contribution is -2.47. The molecule has 0 spiro atoms. The molecule has 0 radical (unpaired) electrons. The van der Waals surface area contributed by atoms with Gasteiger partial charge in [-0.1, -0.05) is 23.7 Å². The number of nitrogens with zero attached hydrogens (tertiary/aromatic N) is 2. The van der Waals surface area contributed by atoms with Crippen LogP contribution in [0.5, 0.6) is 0 Å². The lowest BCUT2D eigenvalue weighted by Gasteiger charge is -2.36. The van der Waals surface area contributed by atoms with Gasteiger partial charge in [-0.3, -0.25) is 19.8 Å². The molecule has 10 heteroatoms. The molecule has 1 unspecified atom stereocenters. The van der Waals surface area contributed by atoms with E-state index < -0.39 is 17.7 Å². The minimum atomic E-state index is -0.633. The van der Waals surface area contributed by atoms with E-state index in [0.29, 0.717) is 50.4 Å². The summed E-state index contributed by atoms with van der Waals surface area (Å²) in [6.45, 7) is 4.96. The molecule has 0 saturated carbocycles. The van der Waals surface area contributed by atoms with Gasteiger partial charge in [-0.25, -0.2) is 8.78 Å². The van der Waals surface area contributed by atoms with Crippen LogP contribution in [0.15, 0.2) is 30.3 Å². The van der Waals surface area contributed by atoms with Crippen molar-refractivity contribution in [3.05, 3.63) is 58.1 Å². The quantitative estimate of drug-likeness (QED) is 0.305. The third kappa shape index (κ3) is 5.79. The molecule has 1 atom stereocenters. The number of imide groups is 1. The van der Waals surface area contributed by atoms with Crippen LogP contribution in [0.4, 0.5) is 20.2 Å². The second-order valence-corrected chi connectivity index (χ2v) is 9.32. The number of hydrogen-bond donors (Lipinski definition) is 3. The van der Waals surface area contributed by atoms with Crippen LogP contribution < -0.4 is 15.5 Å². The van der Waals surface area contributed by atoms with Gasteiger partial charge in [0.05, 0.1) is 10.7 Å². The summed E-state index contributed by atoms with van der Waals surface area (Å²) < 4.78 is 28.1. The summed E-state index contributed by atoms with van der Waals surface area (Å²) >= 11 is 5.67. The Hall–Kier alpha value is -3.04. The first kappa shape index (κ1) is 25.1. The summed E-state index contributed by atoms with van der Waals surface area (Å²) in [5.41, 5.74) is 3.06. The molecule has 7 nitrogen and oxygen atoms in total. The van der Waals surface area contributed by atoms with Crippen molar-refractivity contribution in [2.45, 2.75) is 32.2 Å². The number of carbonyl (C=O) groups excluding carboxylic acids is 2. The molecule has 0 aliphatic carbocycles. The number of anilines is 2. The smallest absolute Gasteiger partial charge is 0.249 e. The number of carbonyl (C=O) groups is 2. The molecular formula is C25H28ClF2N5O2. The summed E-state index contributed by atoms with van der Waals surface area (Å²) in [6.07, 6.45) is 1.38. The molecule has 35 heavy (non-hydrogen) atoms. The van der Waals surface area contributed by atoms with Crippen LogP contribution in [0.1, 0.15) is 30.9 Å². The van der Waals surface area contributed by atoms with Crippen LogP contribution in [0.2, 0.25) is 5.02 Å². The van der Waals surface area contributed by atoms with Gasteiger partial charge in [0.1, 0.15) is 17.7 Å². The van der Waals surface area contributed by atoms with Gasteiger partial charge in [-0.15, -0.1) is 0 Å². The van der Waals surface area contributed by atoms with Gasteiger partial charge >= 0.3 is 0 Å². The van der Waals surface area contributed by atoms with Gasteiger partial charge in [0.2, 0.25) is 11.8 Å². The maximum Gasteiger partial charge on any atom is 0.249 e. The Morgan fingerprint density at radius 3 is 2.60 bits per heavy atom. The average Bonchev–Trinajstić information content (AvgIpc) is 2.82. The summed E-state index contributed by atoms with van der Waals surface area (Å²) in [4.78, 5) is 27.7. The van der Waals surface area contributed by atoms with Crippen molar-refractivity contribution < 1.29 is 18.4 Å². The monoisotopic (exact) mass is 503 g/mol. The van der Waals surface area contributed by atoms with E-state index in [4.69, 9.17) is 17.0 Å². The molecule has 2 amide bonds. The second-order valence-electron chi connectivity index (χ2n) is 8.91. The Labute approximate surface area is 207 Å². The fourth-order valence-corrected chi connectivity index (χ4v) is 4.79. The SMILES string of the molecule is CC(=N)c1c(CCN2CCN(c3cc(F)c(Cl)cc3F)CC2)cccc1NC1CCC(=O)NC1=O. The first-order valence-corrected chi connectivity index (χ1v) is 12.0. The van der Waals surface area contributed by atoms with E-state index in [0.717, 1.165) is 29.8 Å². The van der Waals surface area contributed by atoms with Gasteiger partial charge in [-0.2, -0.15) is 0 Å². The number of piperidine rings is 1. The number of benzene rings is 2. The van der Waals surface area contributed by atoms with Crippen molar-refractivity contribution in [3.63, 3.8) is 0 Å². The highest BCUT2D eigenvalue weighted by Gasteiger charge is 2.27. The molecule has 2 aliphatic heterocycles. The molecule has 0 aromatic heterocycles. The predicted molar refractivity (Wildman–Crippen MR) is 132 cm³/mol. The van der Waals surface area contributed by atoms with Crippen molar-refractivity contribution in [2.24, 2.45) is 0 Å². The van der Waals surface area contributed by atoms with Crippen LogP contribution in [0, 0.1) is 17.0 Å². The molecule has 3 N–H and O–H groups in total. The molecule has 2 fully saturated rings. The normalized spacial score (nSPS) is 19.0. The van der Waals surface area contributed by atoms with Crippen molar-refractivity contribution in [3.8, 4) is 0 Å². The molecule has 2 aliphatic rings. The number of halogens is 3. The maximum absolute atomic E-state index is 14.3. The Kier molecular flexibility index (Phi) is 7.66. The molecule has 4 rings (SSSR count). The van der Waals surface area contributed by atoms with Crippen molar-refractivity contribution in [1.82, 2.24) is 10.2 Å². The topological polar surface area (TPSA) is 88.5 Å². The van der Waals surface area contributed by atoms with Gasteiger partial charge in [0, 0.05) is 62.2 Å². The number of piperazine rings is 1. The Morgan fingerprint density at radius 2 is 1.91 bits per heavy atom. The van der Waals surface area contributed by atoms with Crippen molar-refractivity contribution in [2.75, 3.05) is 42.9 Å². The minimum Gasteiger partial charge on any atom is -0.373 e. The van der Waals surface area contributed by atoms with Crippen LogP contribution >= 0.6 is 11.6 Å². The zero-order chi connectivity index (χ0) is 25.1. The average molecular weight is 504 g/mol. The van der Waals surface area contributed by atoms with E-state index in [9.17, 15) is 18.4 Å². The van der Waals surface area contributed by atoms with Gasteiger partial charge in [0.15, 0.2) is 0 Å². The van der Waals surface area contributed by atoms with Gasteiger partial charge in [-0.05, 0) is 37.5 Å². The molecule has 0 bridgehead atoms. The molecule has 2 aromatic carbocycles. The fraction of sp³-hybridized carbons (Fsp3) is 0.400. The molecule has 186 valence electrons. The Balaban J connectivity index is 1.39. The van der Waals surface area contributed by atoms with Crippen molar-refractivity contribution >= 4 is 40.5 Å². The predicted octanol–water partition coefficient (Wildman–Crippen LogP) is 3.59. The van der Waals surface area contributed by atoms with Gasteiger partial charge < -0.3 is 15.6 Å². The van der Waals surface area contributed by atoms with E-state index in [1.54, 1.807) is 6.92 Å². The van der Waals surface area contributed by atoms with Crippen LogP contribution in [-0.2, 0) is 16.0 Å². The molecule has 2 heterocycles. The maximum atomic E-state index is 14.3. The van der Waals surface area contributed by atoms with E-state index in [2.05, 4.69) is 15.5 Å². The molecule has 2 saturated heterocycles. The van der Waals surface area contributed by atoms with Crippen LogP contribution in [0.25, 0.3) is 0 Å². The van der Waals surface area contributed by atoms with E-state index >= 15 is 0 Å². The highest BCUT2D eigenvalue weighted by Crippen LogP contribution is 2.27. The second kappa shape index (κ2) is 10.7. The van der Waals surface area contributed by atoms with Gasteiger partial charge in [0.25, 0.3) is 0 Å². The van der Waals surface area contributed by atoms with E-state index in [-0.39, 0.29) is 28.9 Å². The summed E-state index contributed by atoms with van der Waals surface area (Å²) in [5, 5.41) is 13.7. The Bertz CT molecular complexity index is 1150. The lowest BCUT2D eigenvalue weighted by atomic mass is 9.97. The third-order valence-corrected chi connectivity index (χ3v) is 6.78. The molecule has 2 aromatic rings. The number of nitrogens with one attached hydrogen (secondary N) is 3. The van der Waals surface area contributed by atoms with Crippen LogP contribution in [0.3, 0.4) is 0 Å². The Morgan fingerprint density at radius 1 is 1.17 bits per heavy atom. The van der Waals surface area contributed by atoms with E-state index in [1.165, 1.54) is 0 Å². The molecular weight excluding hydrogens is 476 g/mol. The van der Waals surface area contributed by atoms with E-state index in [1.807, 2.05) is 23.1 Å². The fourth-order valence-electron chi connectivity index (χ4n) is 4.64. The minimum absolute atomic E-state index is 0.223. The summed E-state index contributed by atoms with van der Waals surface area (Å²) in [7, 11) is 0. The number of amides is 2. The van der Waals surface area contributed by atoms with Crippen LogP contribution in [-0.4, -0.2) is 61.2 Å².